The van der Waals surface area contributed by atoms with E-state index < -0.39 is 0 Å². The summed E-state index contributed by atoms with van der Waals surface area (Å²) in [5.74, 6) is 0. The number of aromatic amines is 1. The number of hydrogen-bond donors (Lipinski definition) is 2. The highest BCUT2D eigenvalue weighted by Gasteiger charge is 2.08. The number of rotatable bonds is 5. The summed E-state index contributed by atoms with van der Waals surface area (Å²) < 4.78 is 1.93. The molecule has 0 aliphatic heterocycles. The SMILES string of the molecule is CCn1ccc(C(C)NCc2ccn[nH]2)n1. The highest BCUT2D eigenvalue weighted by Crippen LogP contribution is 2.09. The summed E-state index contributed by atoms with van der Waals surface area (Å²) in [6.45, 7) is 5.88. The molecule has 2 heterocycles. The van der Waals surface area contributed by atoms with Gasteiger partial charge in [0.2, 0.25) is 0 Å². The predicted octanol–water partition coefficient (Wildman–Crippen LogP) is 1.48. The summed E-state index contributed by atoms with van der Waals surface area (Å²) in [7, 11) is 0. The quantitative estimate of drug-likeness (QED) is 0.800. The van der Waals surface area contributed by atoms with E-state index >= 15 is 0 Å². The maximum absolute atomic E-state index is 4.46. The second kappa shape index (κ2) is 4.94. The fourth-order valence-corrected chi connectivity index (χ4v) is 1.54. The maximum Gasteiger partial charge on any atom is 0.0791 e. The van der Waals surface area contributed by atoms with Gasteiger partial charge in [-0.05, 0) is 26.0 Å². The minimum Gasteiger partial charge on any atom is -0.303 e. The third-order valence-corrected chi connectivity index (χ3v) is 2.59. The van der Waals surface area contributed by atoms with Gasteiger partial charge in [-0.3, -0.25) is 9.78 Å². The molecule has 0 saturated heterocycles. The number of aryl methyl sites for hydroxylation is 1. The first-order valence-electron chi connectivity index (χ1n) is 5.54. The molecule has 0 fully saturated rings. The van der Waals surface area contributed by atoms with E-state index in [2.05, 4.69) is 34.5 Å². The monoisotopic (exact) mass is 219 g/mol. The van der Waals surface area contributed by atoms with Gasteiger partial charge in [-0.25, -0.2) is 0 Å². The van der Waals surface area contributed by atoms with Crippen LogP contribution in [0.15, 0.2) is 24.5 Å². The van der Waals surface area contributed by atoms with Gasteiger partial charge in [0.1, 0.15) is 0 Å². The Kier molecular flexibility index (Phi) is 3.36. The van der Waals surface area contributed by atoms with Crippen molar-refractivity contribution in [3.05, 3.63) is 35.9 Å². The van der Waals surface area contributed by atoms with Crippen molar-refractivity contribution in [2.75, 3.05) is 0 Å². The number of hydrogen-bond acceptors (Lipinski definition) is 3. The first kappa shape index (κ1) is 10.9. The number of aromatic nitrogens is 4. The van der Waals surface area contributed by atoms with Crippen molar-refractivity contribution >= 4 is 0 Å². The summed E-state index contributed by atoms with van der Waals surface area (Å²) in [5.41, 5.74) is 2.16. The molecule has 2 aromatic rings. The van der Waals surface area contributed by atoms with Gasteiger partial charge in [0.25, 0.3) is 0 Å². The van der Waals surface area contributed by atoms with Crippen LogP contribution in [0, 0.1) is 0 Å². The summed E-state index contributed by atoms with van der Waals surface area (Å²) in [6.07, 6.45) is 3.76. The molecule has 2 rings (SSSR count). The summed E-state index contributed by atoms with van der Waals surface area (Å²) >= 11 is 0. The van der Waals surface area contributed by atoms with E-state index in [9.17, 15) is 0 Å². The van der Waals surface area contributed by atoms with Gasteiger partial charge in [0.15, 0.2) is 0 Å². The van der Waals surface area contributed by atoms with E-state index in [1.165, 1.54) is 0 Å². The molecule has 5 nitrogen and oxygen atoms in total. The minimum absolute atomic E-state index is 0.246. The van der Waals surface area contributed by atoms with Crippen LogP contribution in [0.2, 0.25) is 0 Å². The van der Waals surface area contributed by atoms with Crippen molar-refractivity contribution in [2.45, 2.75) is 33.0 Å². The van der Waals surface area contributed by atoms with Crippen LogP contribution in [-0.4, -0.2) is 20.0 Å². The van der Waals surface area contributed by atoms with Gasteiger partial charge >= 0.3 is 0 Å². The average molecular weight is 219 g/mol. The molecule has 16 heavy (non-hydrogen) atoms. The lowest BCUT2D eigenvalue weighted by molar-refractivity contribution is 0.537. The fourth-order valence-electron chi connectivity index (χ4n) is 1.54. The zero-order valence-electron chi connectivity index (χ0n) is 9.64. The smallest absolute Gasteiger partial charge is 0.0791 e. The standard InChI is InChI=1S/C11H17N5/c1-3-16-7-5-11(15-16)9(2)12-8-10-4-6-13-14-10/h4-7,9,12H,3,8H2,1-2H3,(H,13,14). The second-order valence-corrected chi connectivity index (χ2v) is 3.78. The van der Waals surface area contributed by atoms with Crippen molar-refractivity contribution in [1.29, 1.82) is 0 Å². The summed E-state index contributed by atoms with van der Waals surface area (Å²) in [5, 5.41) is 14.7. The van der Waals surface area contributed by atoms with E-state index in [-0.39, 0.29) is 6.04 Å². The van der Waals surface area contributed by atoms with Gasteiger partial charge in [-0.1, -0.05) is 0 Å². The van der Waals surface area contributed by atoms with Crippen molar-refractivity contribution in [2.24, 2.45) is 0 Å². The van der Waals surface area contributed by atoms with Crippen LogP contribution in [0.3, 0.4) is 0 Å². The fraction of sp³-hybridized carbons (Fsp3) is 0.455. The first-order chi connectivity index (χ1) is 7.79. The Morgan fingerprint density at radius 2 is 2.38 bits per heavy atom. The van der Waals surface area contributed by atoms with Crippen LogP contribution in [0.4, 0.5) is 0 Å². The van der Waals surface area contributed by atoms with Crippen molar-refractivity contribution in [3.63, 3.8) is 0 Å². The zero-order valence-corrected chi connectivity index (χ0v) is 9.64. The van der Waals surface area contributed by atoms with Gasteiger partial charge in [0, 0.05) is 37.2 Å². The molecule has 0 aliphatic carbocycles. The molecule has 1 unspecified atom stereocenters. The molecule has 2 aromatic heterocycles. The highest BCUT2D eigenvalue weighted by molar-refractivity contribution is 5.05. The molecule has 2 N–H and O–H groups in total. The predicted molar refractivity (Wildman–Crippen MR) is 61.7 cm³/mol. The van der Waals surface area contributed by atoms with Crippen molar-refractivity contribution < 1.29 is 0 Å². The first-order valence-corrected chi connectivity index (χ1v) is 5.54. The maximum atomic E-state index is 4.46. The Labute approximate surface area is 94.9 Å². The van der Waals surface area contributed by atoms with Crippen molar-refractivity contribution in [3.8, 4) is 0 Å². The molecule has 0 spiro atoms. The molecule has 0 radical (unpaired) electrons. The van der Waals surface area contributed by atoms with Crippen LogP contribution in [-0.2, 0) is 13.1 Å². The second-order valence-electron chi connectivity index (χ2n) is 3.78. The molecule has 1 atom stereocenters. The van der Waals surface area contributed by atoms with Crippen LogP contribution in [0.1, 0.15) is 31.3 Å². The number of H-pyrrole nitrogens is 1. The Bertz CT molecular complexity index is 417. The molecule has 0 saturated carbocycles. The molecule has 0 amide bonds. The lowest BCUT2D eigenvalue weighted by Gasteiger charge is -2.10. The van der Waals surface area contributed by atoms with Crippen LogP contribution in [0.25, 0.3) is 0 Å². The van der Waals surface area contributed by atoms with Crippen LogP contribution >= 0.6 is 0 Å². The van der Waals surface area contributed by atoms with Gasteiger partial charge in [0.05, 0.1) is 5.69 Å². The van der Waals surface area contributed by atoms with Gasteiger partial charge in [-0.2, -0.15) is 10.2 Å². The Morgan fingerprint density at radius 1 is 1.50 bits per heavy atom. The number of nitrogens with one attached hydrogen (secondary N) is 2. The molecule has 86 valence electrons. The van der Waals surface area contributed by atoms with Crippen LogP contribution in [0.5, 0.6) is 0 Å². The minimum atomic E-state index is 0.246. The number of nitrogens with zero attached hydrogens (tertiary/aromatic N) is 3. The van der Waals surface area contributed by atoms with Gasteiger partial charge < -0.3 is 5.32 Å². The zero-order chi connectivity index (χ0) is 11.4. The average Bonchev–Trinajstić information content (AvgIpc) is 2.96. The lowest BCUT2D eigenvalue weighted by atomic mass is 10.2. The third kappa shape index (κ3) is 2.49. The Morgan fingerprint density at radius 3 is 3.00 bits per heavy atom. The van der Waals surface area contributed by atoms with Crippen LogP contribution < -0.4 is 5.32 Å². The van der Waals surface area contributed by atoms with E-state index in [4.69, 9.17) is 0 Å². The molecular weight excluding hydrogens is 202 g/mol. The lowest BCUT2D eigenvalue weighted by Crippen LogP contribution is -2.19. The van der Waals surface area contributed by atoms with Crippen molar-refractivity contribution in [1.82, 2.24) is 25.3 Å². The third-order valence-electron chi connectivity index (χ3n) is 2.59. The van der Waals surface area contributed by atoms with E-state index in [1.54, 1.807) is 6.20 Å². The van der Waals surface area contributed by atoms with Gasteiger partial charge in [-0.15, -0.1) is 0 Å². The van der Waals surface area contributed by atoms with E-state index in [1.807, 2.05) is 23.0 Å². The summed E-state index contributed by atoms with van der Waals surface area (Å²) in [6, 6.07) is 4.26. The summed E-state index contributed by atoms with van der Waals surface area (Å²) in [4.78, 5) is 0. The normalized spacial score (nSPS) is 12.9. The molecule has 5 heteroatoms. The van der Waals surface area contributed by atoms with E-state index in [0.29, 0.717) is 0 Å². The molecular formula is C11H17N5. The molecule has 0 aromatic carbocycles. The molecule has 0 aliphatic rings. The topological polar surface area (TPSA) is 58.5 Å². The Balaban J connectivity index is 1.90. The molecule has 0 bridgehead atoms. The Hall–Kier alpha value is -1.62. The van der Waals surface area contributed by atoms with E-state index in [0.717, 1.165) is 24.5 Å². The largest absolute Gasteiger partial charge is 0.303 e. The highest BCUT2D eigenvalue weighted by atomic mass is 15.3.